The first-order valence-electron chi connectivity index (χ1n) is 8.70. The standard InChI is InChI=1S/C20H25N5O.HI/c1-14-6-7-17-15(12-24-18(17)11-14)8-10-23-20(21-2)25-13-16-5-4-9-22-19(16)26-3;/h4-7,9,11-12,24H,8,10,13H2,1-3H3,(H2,21,23,25);1H. The van der Waals surface area contributed by atoms with Gasteiger partial charge in [0.2, 0.25) is 5.88 Å². The quantitative estimate of drug-likeness (QED) is 0.288. The van der Waals surface area contributed by atoms with Gasteiger partial charge in [0.25, 0.3) is 0 Å². The highest BCUT2D eigenvalue weighted by molar-refractivity contribution is 14.0. The number of hydrogen-bond acceptors (Lipinski definition) is 3. The molecule has 3 rings (SSSR count). The Morgan fingerprint density at radius 2 is 2.07 bits per heavy atom. The molecule has 27 heavy (non-hydrogen) atoms. The molecule has 0 amide bonds. The zero-order valence-corrected chi connectivity index (χ0v) is 18.2. The number of methoxy groups -OCH3 is 1. The van der Waals surface area contributed by atoms with E-state index in [-0.39, 0.29) is 24.0 Å². The second-order valence-corrected chi connectivity index (χ2v) is 6.14. The molecule has 0 aliphatic heterocycles. The van der Waals surface area contributed by atoms with Gasteiger partial charge in [0, 0.05) is 49.0 Å². The Morgan fingerprint density at radius 1 is 1.22 bits per heavy atom. The van der Waals surface area contributed by atoms with Crippen LogP contribution in [0.4, 0.5) is 0 Å². The van der Waals surface area contributed by atoms with Gasteiger partial charge in [-0.1, -0.05) is 18.2 Å². The summed E-state index contributed by atoms with van der Waals surface area (Å²) >= 11 is 0. The zero-order valence-electron chi connectivity index (χ0n) is 15.9. The molecule has 0 saturated carbocycles. The minimum atomic E-state index is 0. The van der Waals surface area contributed by atoms with Crippen molar-refractivity contribution in [2.75, 3.05) is 20.7 Å². The topological polar surface area (TPSA) is 74.3 Å². The predicted molar refractivity (Wildman–Crippen MR) is 121 cm³/mol. The maximum absolute atomic E-state index is 5.28. The molecule has 0 aliphatic rings. The van der Waals surface area contributed by atoms with Crippen molar-refractivity contribution < 1.29 is 4.74 Å². The molecular formula is C20H26IN5O. The van der Waals surface area contributed by atoms with E-state index in [0.717, 1.165) is 24.5 Å². The summed E-state index contributed by atoms with van der Waals surface area (Å²) in [7, 11) is 3.39. The largest absolute Gasteiger partial charge is 0.481 e. The van der Waals surface area contributed by atoms with Gasteiger partial charge in [-0.05, 0) is 36.6 Å². The molecule has 0 fully saturated rings. The van der Waals surface area contributed by atoms with E-state index in [9.17, 15) is 0 Å². The van der Waals surface area contributed by atoms with Crippen LogP contribution >= 0.6 is 24.0 Å². The Balaban J connectivity index is 0.00000261. The summed E-state index contributed by atoms with van der Waals surface area (Å²) in [4.78, 5) is 11.8. The SMILES string of the molecule is CN=C(NCCc1c[nH]c2cc(C)ccc12)NCc1cccnc1OC.I. The van der Waals surface area contributed by atoms with Gasteiger partial charge < -0.3 is 20.4 Å². The molecule has 6 nitrogen and oxygen atoms in total. The number of halogens is 1. The molecule has 144 valence electrons. The fourth-order valence-corrected chi connectivity index (χ4v) is 2.96. The minimum Gasteiger partial charge on any atom is -0.481 e. The Morgan fingerprint density at radius 3 is 2.85 bits per heavy atom. The van der Waals surface area contributed by atoms with Crippen molar-refractivity contribution in [3.8, 4) is 5.88 Å². The molecular weight excluding hydrogens is 453 g/mol. The molecule has 0 saturated heterocycles. The highest BCUT2D eigenvalue weighted by Gasteiger charge is 2.06. The van der Waals surface area contributed by atoms with Crippen LogP contribution in [-0.2, 0) is 13.0 Å². The Labute approximate surface area is 176 Å². The lowest BCUT2D eigenvalue weighted by atomic mass is 10.1. The highest BCUT2D eigenvalue weighted by atomic mass is 127. The van der Waals surface area contributed by atoms with Crippen LogP contribution in [0.5, 0.6) is 5.88 Å². The smallest absolute Gasteiger partial charge is 0.218 e. The van der Waals surface area contributed by atoms with Crippen molar-refractivity contribution in [3.63, 3.8) is 0 Å². The number of guanidine groups is 1. The van der Waals surface area contributed by atoms with Crippen LogP contribution in [0, 0.1) is 6.92 Å². The third-order valence-corrected chi connectivity index (χ3v) is 4.32. The summed E-state index contributed by atoms with van der Waals surface area (Å²) in [6.07, 6.45) is 4.72. The van der Waals surface area contributed by atoms with Gasteiger partial charge >= 0.3 is 0 Å². The van der Waals surface area contributed by atoms with E-state index in [0.29, 0.717) is 12.4 Å². The third kappa shape index (κ3) is 5.35. The highest BCUT2D eigenvalue weighted by Crippen LogP contribution is 2.19. The average molecular weight is 479 g/mol. The van der Waals surface area contributed by atoms with E-state index in [1.54, 1.807) is 20.4 Å². The van der Waals surface area contributed by atoms with Gasteiger partial charge in [0.1, 0.15) is 0 Å². The monoisotopic (exact) mass is 479 g/mol. The number of benzene rings is 1. The van der Waals surface area contributed by atoms with Crippen LogP contribution in [0.15, 0.2) is 47.7 Å². The molecule has 7 heteroatoms. The second-order valence-electron chi connectivity index (χ2n) is 6.14. The van der Waals surface area contributed by atoms with Gasteiger partial charge in [-0.15, -0.1) is 24.0 Å². The first-order chi connectivity index (χ1) is 12.7. The lowest BCUT2D eigenvalue weighted by molar-refractivity contribution is 0.392. The van der Waals surface area contributed by atoms with Crippen LogP contribution in [0.25, 0.3) is 10.9 Å². The van der Waals surface area contributed by atoms with E-state index in [1.165, 1.54) is 22.0 Å². The molecule has 0 atom stereocenters. The average Bonchev–Trinajstić information content (AvgIpc) is 3.06. The fraction of sp³-hybridized carbons (Fsp3) is 0.300. The molecule has 2 heterocycles. The van der Waals surface area contributed by atoms with Gasteiger partial charge in [-0.25, -0.2) is 4.98 Å². The van der Waals surface area contributed by atoms with E-state index in [4.69, 9.17) is 4.74 Å². The van der Waals surface area contributed by atoms with E-state index in [1.807, 2.05) is 12.1 Å². The number of hydrogen-bond donors (Lipinski definition) is 3. The molecule has 2 aromatic heterocycles. The van der Waals surface area contributed by atoms with E-state index >= 15 is 0 Å². The minimum absolute atomic E-state index is 0. The fourth-order valence-electron chi connectivity index (χ4n) is 2.96. The van der Waals surface area contributed by atoms with Gasteiger partial charge in [0.15, 0.2) is 5.96 Å². The molecule has 3 N–H and O–H groups in total. The zero-order chi connectivity index (χ0) is 18.4. The normalized spacial score (nSPS) is 11.1. The molecule has 0 aliphatic carbocycles. The number of nitrogens with one attached hydrogen (secondary N) is 3. The number of nitrogens with zero attached hydrogens (tertiary/aromatic N) is 2. The molecule has 0 unspecified atom stereocenters. The number of rotatable bonds is 6. The molecule has 0 radical (unpaired) electrons. The number of aromatic nitrogens is 2. The maximum Gasteiger partial charge on any atom is 0.218 e. The number of aromatic amines is 1. The molecule has 3 aromatic rings. The number of aliphatic imine (C=N–C) groups is 1. The van der Waals surface area contributed by atoms with Crippen molar-refractivity contribution in [1.82, 2.24) is 20.6 Å². The Kier molecular flexibility index (Phi) is 7.90. The van der Waals surface area contributed by atoms with Crippen molar-refractivity contribution >= 4 is 40.8 Å². The lowest BCUT2D eigenvalue weighted by Crippen LogP contribution is -2.37. The van der Waals surface area contributed by atoms with Gasteiger partial charge in [0.05, 0.1) is 7.11 Å². The molecule has 1 aromatic carbocycles. The first kappa shape index (κ1) is 21.0. The summed E-state index contributed by atoms with van der Waals surface area (Å²) in [5, 5.41) is 7.93. The Hall–Kier alpha value is -2.29. The summed E-state index contributed by atoms with van der Waals surface area (Å²) < 4.78 is 5.28. The van der Waals surface area contributed by atoms with Gasteiger partial charge in [-0.2, -0.15) is 0 Å². The summed E-state index contributed by atoms with van der Waals surface area (Å²) in [5.74, 6) is 1.39. The number of H-pyrrole nitrogens is 1. The van der Waals surface area contributed by atoms with Crippen molar-refractivity contribution in [2.24, 2.45) is 4.99 Å². The van der Waals surface area contributed by atoms with Crippen LogP contribution in [-0.4, -0.2) is 36.6 Å². The molecule has 0 spiro atoms. The van der Waals surface area contributed by atoms with Gasteiger partial charge in [-0.3, -0.25) is 4.99 Å². The van der Waals surface area contributed by atoms with Crippen molar-refractivity contribution in [3.05, 3.63) is 59.4 Å². The second kappa shape index (κ2) is 10.1. The van der Waals surface area contributed by atoms with Crippen LogP contribution in [0.2, 0.25) is 0 Å². The number of fused-ring (bicyclic) bond motifs is 1. The predicted octanol–water partition coefficient (Wildman–Crippen LogP) is 3.41. The van der Waals surface area contributed by atoms with E-state index in [2.05, 4.69) is 56.9 Å². The Bertz CT molecular complexity index is 906. The first-order valence-corrected chi connectivity index (χ1v) is 8.70. The number of aryl methyl sites for hydroxylation is 1. The summed E-state index contributed by atoms with van der Waals surface area (Å²) in [6, 6.07) is 10.4. The third-order valence-electron chi connectivity index (χ3n) is 4.32. The number of ether oxygens (including phenoxy) is 1. The maximum atomic E-state index is 5.28. The van der Waals surface area contributed by atoms with Crippen LogP contribution in [0.1, 0.15) is 16.7 Å². The van der Waals surface area contributed by atoms with Crippen molar-refractivity contribution in [1.29, 1.82) is 0 Å². The molecule has 0 bridgehead atoms. The van der Waals surface area contributed by atoms with Crippen LogP contribution < -0.4 is 15.4 Å². The summed E-state index contributed by atoms with van der Waals surface area (Å²) in [6.45, 7) is 3.50. The van der Waals surface area contributed by atoms with Crippen molar-refractivity contribution in [2.45, 2.75) is 19.9 Å². The summed E-state index contributed by atoms with van der Waals surface area (Å²) in [5.41, 5.74) is 4.74. The van der Waals surface area contributed by atoms with E-state index < -0.39 is 0 Å². The number of pyridine rings is 1. The van der Waals surface area contributed by atoms with Crippen LogP contribution in [0.3, 0.4) is 0 Å². The lowest BCUT2D eigenvalue weighted by Gasteiger charge is -2.13.